The standard InChI is InChI=1S/C14H19N3O4S/c1-10(18)15-12-3-5-14(6-4-12)22(20,21)16-13-7-8-17(9-13)11(2)19/h3-6,13,16H,7-9H2,1-2H3,(H,15,18). The highest BCUT2D eigenvalue weighted by atomic mass is 32.2. The molecule has 1 heterocycles. The van der Waals surface area contributed by atoms with Gasteiger partial charge in [-0.25, -0.2) is 13.1 Å². The summed E-state index contributed by atoms with van der Waals surface area (Å²) in [7, 11) is -3.64. The fourth-order valence-electron chi connectivity index (χ4n) is 2.35. The van der Waals surface area contributed by atoms with Crippen LogP contribution in [-0.4, -0.2) is 44.3 Å². The molecule has 1 aliphatic rings. The van der Waals surface area contributed by atoms with Gasteiger partial charge >= 0.3 is 0 Å². The third kappa shape index (κ3) is 4.05. The molecule has 0 bridgehead atoms. The zero-order valence-corrected chi connectivity index (χ0v) is 13.3. The van der Waals surface area contributed by atoms with Crippen molar-refractivity contribution in [3.8, 4) is 0 Å². The second-order valence-electron chi connectivity index (χ2n) is 5.28. The van der Waals surface area contributed by atoms with Gasteiger partial charge in [-0.2, -0.15) is 0 Å². The van der Waals surface area contributed by atoms with Gasteiger partial charge in [0.2, 0.25) is 21.8 Å². The van der Waals surface area contributed by atoms with E-state index in [1.54, 1.807) is 4.90 Å². The summed E-state index contributed by atoms with van der Waals surface area (Å²) < 4.78 is 27.2. The third-order valence-electron chi connectivity index (χ3n) is 3.44. The number of carbonyl (C=O) groups is 2. The van der Waals surface area contributed by atoms with E-state index in [0.717, 1.165) is 0 Å². The predicted molar refractivity (Wildman–Crippen MR) is 81.7 cm³/mol. The molecular formula is C14H19N3O4S. The highest BCUT2D eigenvalue weighted by Crippen LogP contribution is 2.17. The van der Waals surface area contributed by atoms with Gasteiger partial charge in [-0.1, -0.05) is 0 Å². The Morgan fingerprint density at radius 2 is 1.82 bits per heavy atom. The number of likely N-dealkylation sites (tertiary alicyclic amines) is 1. The van der Waals surface area contributed by atoms with Gasteiger partial charge in [0.1, 0.15) is 0 Å². The van der Waals surface area contributed by atoms with Gasteiger partial charge in [0, 0.05) is 38.7 Å². The van der Waals surface area contributed by atoms with Crippen molar-refractivity contribution in [3.05, 3.63) is 24.3 Å². The normalized spacial score (nSPS) is 18.3. The Bertz CT molecular complexity index is 670. The number of anilines is 1. The van der Waals surface area contributed by atoms with Crippen LogP contribution in [0.15, 0.2) is 29.2 Å². The quantitative estimate of drug-likeness (QED) is 0.845. The molecule has 1 unspecified atom stereocenters. The Morgan fingerprint density at radius 1 is 1.18 bits per heavy atom. The smallest absolute Gasteiger partial charge is 0.240 e. The molecule has 120 valence electrons. The molecule has 1 fully saturated rings. The van der Waals surface area contributed by atoms with Crippen molar-refractivity contribution in [3.63, 3.8) is 0 Å². The Balaban J connectivity index is 2.04. The van der Waals surface area contributed by atoms with Crippen molar-refractivity contribution >= 4 is 27.5 Å². The van der Waals surface area contributed by atoms with E-state index in [-0.39, 0.29) is 22.8 Å². The Hall–Kier alpha value is -1.93. The molecule has 0 saturated carbocycles. The van der Waals surface area contributed by atoms with E-state index in [1.807, 2.05) is 0 Å². The van der Waals surface area contributed by atoms with Crippen LogP contribution in [0.1, 0.15) is 20.3 Å². The molecule has 2 rings (SSSR count). The van der Waals surface area contributed by atoms with E-state index in [1.165, 1.54) is 38.1 Å². The zero-order chi connectivity index (χ0) is 16.3. The summed E-state index contributed by atoms with van der Waals surface area (Å²) in [6, 6.07) is 5.67. The molecule has 0 radical (unpaired) electrons. The van der Waals surface area contributed by atoms with Crippen molar-refractivity contribution in [2.75, 3.05) is 18.4 Å². The van der Waals surface area contributed by atoms with Crippen LogP contribution in [0, 0.1) is 0 Å². The fourth-order valence-corrected chi connectivity index (χ4v) is 3.61. The summed E-state index contributed by atoms with van der Waals surface area (Å²) in [5.74, 6) is -0.273. The van der Waals surface area contributed by atoms with E-state index < -0.39 is 10.0 Å². The maximum atomic E-state index is 12.3. The lowest BCUT2D eigenvalue weighted by atomic mass is 10.3. The molecule has 0 aromatic heterocycles. The number of sulfonamides is 1. The van der Waals surface area contributed by atoms with Gasteiger partial charge in [-0.3, -0.25) is 9.59 Å². The van der Waals surface area contributed by atoms with Gasteiger partial charge in [0.25, 0.3) is 0 Å². The maximum absolute atomic E-state index is 12.3. The van der Waals surface area contributed by atoms with Crippen molar-refractivity contribution in [2.45, 2.75) is 31.2 Å². The Morgan fingerprint density at radius 3 is 2.32 bits per heavy atom. The van der Waals surface area contributed by atoms with Crippen LogP contribution < -0.4 is 10.0 Å². The number of carbonyl (C=O) groups excluding carboxylic acids is 2. The summed E-state index contributed by atoms with van der Waals surface area (Å²) >= 11 is 0. The van der Waals surface area contributed by atoms with Crippen LogP contribution in [-0.2, 0) is 19.6 Å². The number of amides is 2. The largest absolute Gasteiger partial charge is 0.341 e. The van der Waals surface area contributed by atoms with Crippen molar-refractivity contribution in [2.24, 2.45) is 0 Å². The van der Waals surface area contributed by atoms with Gasteiger partial charge in [-0.15, -0.1) is 0 Å². The number of nitrogens with one attached hydrogen (secondary N) is 2. The van der Waals surface area contributed by atoms with Crippen LogP contribution in [0.5, 0.6) is 0 Å². The molecule has 0 spiro atoms. The first-order valence-electron chi connectivity index (χ1n) is 6.93. The Kier molecular flexibility index (Phi) is 4.82. The van der Waals surface area contributed by atoms with E-state index in [4.69, 9.17) is 0 Å². The second-order valence-corrected chi connectivity index (χ2v) is 6.99. The van der Waals surface area contributed by atoms with Crippen molar-refractivity contribution in [1.82, 2.24) is 9.62 Å². The highest BCUT2D eigenvalue weighted by Gasteiger charge is 2.28. The highest BCUT2D eigenvalue weighted by molar-refractivity contribution is 7.89. The maximum Gasteiger partial charge on any atom is 0.240 e. The first-order chi connectivity index (χ1) is 10.3. The van der Waals surface area contributed by atoms with Gasteiger partial charge in [-0.05, 0) is 30.7 Å². The number of nitrogens with zero attached hydrogens (tertiary/aromatic N) is 1. The average molecular weight is 325 g/mol. The first-order valence-corrected chi connectivity index (χ1v) is 8.42. The van der Waals surface area contributed by atoms with E-state index in [9.17, 15) is 18.0 Å². The molecule has 8 heteroatoms. The van der Waals surface area contributed by atoms with Gasteiger partial charge in [0.15, 0.2) is 0 Å². The van der Waals surface area contributed by atoms with Crippen LogP contribution in [0.2, 0.25) is 0 Å². The Labute approximate surface area is 129 Å². The van der Waals surface area contributed by atoms with E-state index >= 15 is 0 Å². The molecule has 1 aromatic carbocycles. The minimum atomic E-state index is -3.64. The molecular weight excluding hydrogens is 306 g/mol. The lowest BCUT2D eigenvalue weighted by molar-refractivity contribution is -0.127. The number of hydrogen-bond donors (Lipinski definition) is 2. The summed E-state index contributed by atoms with van der Waals surface area (Å²) in [5, 5.41) is 2.58. The van der Waals surface area contributed by atoms with Crippen LogP contribution in [0.4, 0.5) is 5.69 Å². The summed E-state index contributed by atoms with van der Waals surface area (Å²) in [5.41, 5.74) is 0.537. The third-order valence-corrected chi connectivity index (χ3v) is 4.98. The lowest BCUT2D eigenvalue weighted by Crippen LogP contribution is -2.37. The van der Waals surface area contributed by atoms with Crippen LogP contribution in [0.25, 0.3) is 0 Å². The zero-order valence-electron chi connectivity index (χ0n) is 12.5. The molecule has 1 aromatic rings. The predicted octanol–water partition coefficient (Wildman–Crippen LogP) is 0.544. The van der Waals surface area contributed by atoms with Crippen molar-refractivity contribution in [1.29, 1.82) is 0 Å². The van der Waals surface area contributed by atoms with Crippen molar-refractivity contribution < 1.29 is 18.0 Å². The fraction of sp³-hybridized carbons (Fsp3) is 0.429. The molecule has 1 saturated heterocycles. The van der Waals surface area contributed by atoms with E-state index in [2.05, 4.69) is 10.0 Å². The molecule has 2 amide bonds. The first kappa shape index (κ1) is 16.4. The number of rotatable bonds is 4. The number of hydrogen-bond acceptors (Lipinski definition) is 4. The molecule has 0 aliphatic carbocycles. The topological polar surface area (TPSA) is 95.6 Å². The lowest BCUT2D eigenvalue weighted by Gasteiger charge is -2.15. The van der Waals surface area contributed by atoms with Crippen LogP contribution in [0.3, 0.4) is 0 Å². The number of benzene rings is 1. The molecule has 7 nitrogen and oxygen atoms in total. The van der Waals surface area contributed by atoms with E-state index in [0.29, 0.717) is 25.2 Å². The monoisotopic (exact) mass is 325 g/mol. The molecule has 22 heavy (non-hydrogen) atoms. The summed E-state index contributed by atoms with van der Waals surface area (Å²) in [4.78, 5) is 23.9. The van der Waals surface area contributed by atoms with Crippen LogP contribution >= 0.6 is 0 Å². The summed E-state index contributed by atoms with van der Waals surface area (Å²) in [6.07, 6.45) is 0.600. The molecule has 1 atom stereocenters. The second kappa shape index (κ2) is 6.45. The summed E-state index contributed by atoms with van der Waals surface area (Å²) in [6.45, 7) is 3.80. The average Bonchev–Trinajstić information content (AvgIpc) is 2.86. The molecule has 2 N–H and O–H groups in total. The molecule has 1 aliphatic heterocycles. The SMILES string of the molecule is CC(=O)Nc1ccc(S(=O)(=O)NC2CCN(C(C)=O)C2)cc1. The minimum Gasteiger partial charge on any atom is -0.341 e. The minimum absolute atomic E-state index is 0.0543. The van der Waals surface area contributed by atoms with Gasteiger partial charge < -0.3 is 10.2 Å². The van der Waals surface area contributed by atoms with Gasteiger partial charge in [0.05, 0.1) is 4.90 Å².